The van der Waals surface area contributed by atoms with Crippen molar-refractivity contribution in [3.63, 3.8) is 0 Å². The number of sulfonamides is 1. The van der Waals surface area contributed by atoms with E-state index in [1.807, 2.05) is 0 Å². The third-order valence-electron chi connectivity index (χ3n) is 2.44. The van der Waals surface area contributed by atoms with Gasteiger partial charge in [0.15, 0.2) is 0 Å². The van der Waals surface area contributed by atoms with Crippen LogP contribution in [0, 0.1) is 12.8 Å². The Morgan fingerprint density at radius 1 is 1.50 bits per heavy atom. The number of rotatable bonds is 6. The SMILES string of the molecule is Cc1sc(Br)cc1S(=O)(=O)NCC(N)CC(C)C. The summed E-state index contributed by atoms with van der Waals surface area (Å²) in [5, 5.41) is 0. The van der Waals surface area contributed by atoms with Gasteiger partial charge in [-0.25, -0.2) is 13.1 Å². The van der Waals surface area contributed by atoms with E-state index < -0.39 is 10.0 Å². The second kappa shape index (κ2) is 6.47. The van der Waals surface area contributed by atoms with Crippen molar-refractivity contribution in [2.75, 3.05) is 6.54 Å². The van der Waals surface area contributed by atoms with Gasteiger partial charge < -0.3 is 5.73 Å². The maximum Gasteiger partial charge on any atom is 0.241 e. The van der Waals surface area contributed by atoms with Crippen LogP contribution < -0.4 is 10.5 Å². The maximum absolute atomic E-state index is 12.1. The summed E-state index contributed by atoms with van der Waals surface area (Å²) in [4.78, 5) is 1.10. The topological polar surface area (TPSA) is 72.2 Å². The van der Waals surface area contributed by atoms with Crippen molar-refractivity contribution >= 4 is 37.3 Å². The third kappa shape index (κ3) is 4.62. The molecule has 7 heteroatoms. The largest absolute Gasteiger partial charge is 0.327 e. The summed E-state index contributed by atoms with van der Waals surface area (Å²) in [7, 11) is -3.45. The van der Waals surface area contributed by atoms with Crippen LogP contribution >= 0.6 is 27.3 Å². The molecule has 0 aliphatic rings. The van der Waals surface area contributed by atoms with E-state index in [0.29, 0.717) is 10.8 Å². The molecule has 0 bridgehead atoms. The lowest BCUT2D eigenvalue weighted by Crippen LogP contribution is -2.38. The lowest BCUT2D eigenvalue weighted by molar-refractivity contribution is 0.486. The Balaban J connectivity index is 2.69. The molecule has 1 unspecified atom stereocenters. The van der Waals surface area contributed by atoms with Crippen molar-refractivity contribution in [1.82, 2.24) is 4.72 Å². The summed E-state index contributed by atoms with van der Waals surface area (Å²) >= 11 is 4.70. The molecule has 0 amide bonds. The number of hydrogen-bond donors (Lipinski definition) is 2. The summed E-state index contributed by atoms with van der Waals surface area (Å²) in [5.41, 5.74) is 5.87. The standard InChI is InChI=1S/C11H19BrN2O2S2/c1-7(2)4-9(13)6-14-18(15,16)10-5-11(12)17-8(10)3/h5,7,9,14H,4,6,13H2,1-3H3. The highest BCUT2D eigenvalue weighted by Gasteiger charge is 2.20. The van der Waals surface area contributed by atoms with Gasteiger partial charge in [-0.1, -0.05) is 13.8 Å². The number of nitrogens with two attached hydrogens (primary N) is 1. The van der Waals surface area contributed by atoms with E-state index in [9.17, 15) is 8.42 Å². The normalized spacial score (nSPS) is 14.1. The first-order valence-corrected chi connectivity index (χ1v) is 8.83. The third-order valence-corrected chi connectivity index (χ3v) is 5.67. The molecule has 4 nitrogen and oxygen atoms in total. The van der Waals surface area contributed by atoms with Gasteiger partial charge in [0.1, 0.15) is 0 Å². The number of aryl methyl sites for hydroxylation is 1. The Morgan fingerprint density at radius 2 is 2.11 bits per heavy atom. The first-order chi connectivity index (χ1) is 8.22. The van der Waals surface area contributed by atoms with Crippen molar-refractivity contribution in [2.24, 2.45) is 11.7 Å². The van der Waals surface area contributed by atoms with Gasteiger partial charge in [-0.3, -0.25) is 0 Å². The quantitative estimate of drug-likeness (QED) is 0.823. The average Bonchev–Trinajstić information content (AvgIpc) is 2.55. The second-order valence-electron chi connectivity index (χ2n) is 4.71. The van der Waals surface area contributed by atoms with E-state index in [2.05, 4.69) is 34.5 Å². The van der Waals surface area contributed by atoms with Crippen LogP contribution in [0.3, 0.4) is 0 Å². The highest BCUT2D eigenvalue weighted by molar-refractivity contribution is 9.11. The minimum atomic E-state index is -3.45. The van der Waals surface area contributed by atoms with Gasteiger partial charge in [0.05, 0.1) is 8.68 Å². The first kappa shape index (κ1) is 16.1. The van der Waals surface area contributed by atoms with Crippen LogP contribution in [0.4, 0.5) is 0 Å². The molecule has 0 saturated carbocycles. The lowest BCUT2D eigenvalue weighted by atomic mass is 10.1. The second-order valence-corrected chi connectivity index (χ2v) is 9.08. The molecule has 0 saturated heterocycles. The molecule has 3 N–H and O–H groups in total. The van der Waals surface area contributed by atoms with Crippen molar-refractivity contribution in [3.8, 4) is 0 Å². The van der Waals surface area contributed by atoms with Crippen LogP contribution in [0.5, 0.6) is 0 Å². The van der Waals surface area contributed by atoms with E-state index in [4.69, 9.17) is 5.73 Å². The zero-order valence-corrected chi connectivity index (χ0v) is 14.0. The smallest absolute Gasteiger partial charge is 0.241 e. The predicted octanol–water partition coefficient (Wildman–Crippen LogP) is 2.47. The lowest BCUT2D eigenvalue weighted by Gasteiger charge is -2.14. The van der Waals surface area contributed by atoms with E-state index >= 15 is 0 Å². The molecule has 1 rings (SSSR count). The van der Waals surface area contributed by atoms with Crippen LogP contribution in [0.25, 0.3) is 0 Å². The zero-order valence-electron chi connectivity index (χ0n) is 10.7. The molecule has 104 valence electrons. The van der Waals surface area contributed by atoms with Crippen LogP contribution in [0.1, 0.15) is 25.1 Å². The Bertz CT molecular complexity index is 497. The van der Waals surface area contributed by atoms with Crippen molar-refractivity contribution in [2.45, 2.75) is 38.1 Å². The molecule has 1 heterocycles. The summed E-state index contributed by atoms with van der Waals surface area (Å²) in [6, 6.07) is 1.47. The molecule has 1 aromatic heterocycles. The molecule has 1 atom stereocenters. The molecular formula is C11H19BrN2O2S2. The molecule has 0 radical (unpaired) electrons. The summed E-state index contributed by atoms with van der Waals surface area (Å²) in [5.74, 6) is 0.460. The zero-order chi connectivity index (χ0) is 13.9. The molecule has 1 aromatic rings. The minimum absolute atomic E-state index is 0.151. The van der Waals surface area contributed by atoms with Gasteiger partial charge in [-0.2, -0.15) is 0 Å². The van der Waals surface area contributed by atoms with Gasteiger partial charge in [-0.15, -0.1) is 11.3 Å². The molecular weight excluding hydrogens is 336 g/mol. The van der Waals surface area contributed by atoms with E-state index in [1.165, 1.54) is 11.3 Å². The number of nitrogens with one attached hydrogen (secondary N) is 1. The Morgan fingerprint density at radius 3 is 2.56 bits per heavy atom. The van der Waals surface area contributed by atoms with Crippen LogP contribution in [0.15, 0.2) is 14.7 Å². The average molecular weight is 355 g/mol. The number of thiophene rings is 1. The molecule has 18 heavy (non-hydrogen) atoms. The fraction of sp³-hybridized carbons (Fsp3) is 0.636. The van der Waals surface area contributed by atoms with Gasteiger partial charge in [-0.05, 0) is 41.3 Å². The highest BCUT2D eigenvalue weighted by atomic mass is 79.9. The van der Waals surface area contributed by atoms with Gasteiger partial charge >= 0.3 is 0 Å². The minimum Gasteiger partial charge on any atom is -0.327 e. The fourth-order valence-electron chi connectivity index (χ4n) is 1.68. The molecule has 0 aliphatic heterocycles. The highest BCUT2D eigenvalue weighted by Crippen LogP contribution is 2.29. The Labute approximate surface area is 121 Å². The van der Waals surface area contributed by atoms with Crippen molar-refractivity contribution in [3.05, 3.63) is 14.7 Å². The maximum atomic E-state index is 12.1. The number of halogens is 1. The first-order valence-electron chi connectivity index (χ1n) is 5.73. The van der Waals surface area contributed by atoms with Crippen LogP contribution in [-0.4, -0.2) is 21.0 Å². The predicted molar refractivity (Wildman–Crippen MR) is 79.4 cm³/mol. The van der Waals surface area contributed by atoms with Gasteiger partial charge in [0.25, 0.3) is 0 Å². The van der Waals surface area contributed by atoms with E-state index in [0.717, 1.165) is 15.1 Å². The van der Waals surface area contributed by atoms with E-state index in [-0.39, 0.29) is 12.6 Å². The van der Waals surface area contributed by atoms with Crippen LogP contribution in [-0.2, 0) is 10.0 Å². The Kier molecular flexibility index (Phi) is 5.79. The molecule has 0 aliphatic carbocycles. The summed E-state index contributed by atoms with van der Waals surface area (Å²) in [6.45, 7) is 6.19. The van der Waals surface area contributed by atoms with Gasteiger partial charge in [0, 0.05) is 17.5 Å². The monoisotopic (exact) mass is 354 g/mol. The van der Waals surface area contributed by atoms with Gasteiger partial charge in [0.2, 0.25) is 10.0 Å². The van der Waals surface area contributed by atoms with Crippen LogP contribution in [0.2, 0.25) is 0 Å². The molecule has 0 spiro atoms. The fourth-order valence-corrected chi connectivity index (χ4v) is 5.19. The molecule has 0 aromatic carbocycles. The summed E-state index contributed by atoms with van der Waals surface area (Å²) < 4.78 is 27.5. The Hall–Kier alpha value is 0.0500. The van der Waals surface area contributed by atoms with Crippen molar-refractivity contribution < 1.29 is 8.42 Å². The van der Waals surface area contributed by atoms with E-state index in [1.54, 1.807) is 13.0 Å². The molecule has 0 fully saturated rings. The van der Waals surface area contributed by atoms with Crippen molar-refractivity contribution in [1.29, 1.82) is 0 Å². The summed E-state index contributed by atoms with van der Waals surface area (Å²) in [6.07, 6.45) is 0.800. The number of hydrogen-bond acceptors (Lipinski definition) is 4.